The smallest absolute Gasteiger partial charge is 0.225 e. The molecule has 0 N–H and O–H groups in total. The summed E-state index contributed by atoms with van der Waals surface area (Å²) in [6.07, 6.45) is 9.33. The average molecular weight is 410 g/mol. The molecule has 162 valence electrons. The van der Waals surface area contributed by atoms with Crippen molar-refractivity contribution in [3.05, 3.63) is 60.2 Å². The van der Waals surface area contributed by atoms with Gasteiger partial charge in [-0.2, -0.15) is 0 Å². The Morgan fingerprint density at radius 3 is 1.67 bits per heavy atom. The van der Waals surface area contributed by atoms with Crippen molar-refractivity contribution in [1.29, 1.82) is 0 Å². The average Bonchev–Trinajstić information content (AvgIpc) is 2.82. The van der Waals surface area contributed by atoms with Crippen molar-refractivity contribution in [1.82, 2.24) is 24.7 Å². The van der Waals surface area contributed by atoms with Crippen molar-refractivity contribution in [2.45, 2.75) is 39.8 Å². The Labute approximate surface area is 180 Å². The van der Waals surface area contributed by atoms with Gasteiger partial charge in [0.15, 0.2) is 0 Å². The molecule has 2 aromatic heterocycles. The summed E-state index contributed by atoms with van der Waals surface area (Å²) in [6.45, 7) is 11.5. The standard InChI is InChI=1S/C22H29N5O.C2H6/c28-22(21-5-11-25(12-6-21)17-19-1-7-23-8-2-19)27-15-13-26(14-16-27)18-20-3-9-24-10-4-20;1-2/h1-4,7-10,21H,5-6,11-18H2;1-2H3. The highest BCUT2D eigenvalue weighted by molar-refractivity contribution is 5.79. The van der Waals surface area contributed by atoms with Gasteiger partial charge in [0.1, 0.15) is 0 Å². The van der Waals surface area contributed by atoms with Crippen LogP contribution in [0.25, 0.3) is 0 Å². The van der Waals surface area contributed by atoms with Crippen LogP contribution in [-0.2, 0) is 17.9 Å². The van der Waals surface area contributed by atoms with Gasteiger partial charge in [0.25, 0.3) is 0 Å². The molecule has 2 aromatic rings. The molecule has 4 rings (SSSR count). The number of piperidine rings is 1. The maximum atomic E-state index is 13.0. The van der Waals surface area contributed by atoms with Crippen LogP contribution in [0.2, 0.25) is 0 Å². The van der Waals surface area contributed by atoms with E-state index >= 15 is 0 Å². The number of amides is 1. The lowest BCUT2D eigenvalue weighted by molar-refractivity contribution is -0.139. The number of rotatable bonds is 5. The molecule has 6 heteroatoms. The molecule has 0 saturated carbocycles. The fraction of sp³-hybridized carbons (Fsp3) is 0.542. The molecule has 6 nitrogen and oxygen atoms in total. The van der Waals surface area contributed by atoms with Crippen molar-refractivity contribution in [2.75, 3.05) is 39.3 Å². The van der Waals surface area contributed by atoms with Gasteiger partial charge in [0, 0.05) is 70.0 Å². The third kappa shape index (κ3) is 6.34. The van der Waals surface area contributed by atoms with Crippen LogP contribution in [0.4, 0.5) is 0 Å². The lowest BCUT2D eigenvalue weighted by Gasteiger charge is -2.38. The third-order valence-corrected chi connectivity index (χ3v) is 5.93. The maximum Gasteiger partial charge on any atom is 0.225 e. The minimum absolute atomic E-state index is 0.195. The van der Waals surface area contributed by atoms with E-state index in [0.29, 0.717) is 5.91 Å². The number of pyridine rings is 2. The fourth-order valence-electron chi connectivity index (χ4n) is 4.22. The minimum Gasteiger partial charge on any atom is -0.340 e. The highest BCUT2D eigenvalue weighted by Gasteiger charge is 2.30. The Hall–Kier alpha value is -2.31. The Kier molecular flexibility index (Phi) is 8.78. The van der Waals surface area contributed by atoms with E-state index in [0.717, 1.165) is 65.2 Å². The molecule has 0 atom stereocenters. The number of nitrogens with zero attached hydrogens (tertiary/aromatic N) is 5. The molecule has 2 aliphatic rings. The van der Waals surface area contributed by atoms with E-state index in [4.69, 9.17) is 0 Å². The zero-order chi connectivity index (χ0) is 21.2. The predicted octanol–water partition coefficient (Wildman–Crippen LogP) is 3.06. The largest absolute Gasteiger partial charge is 0.340 e. The molecule has 2 aliphatic heterocycles. The highest BCUT2D eigenvalue weighted by Crippen LogP contribution is 2.22. The van der Waals surface area contributed by atoms with Gasteiger partial charge in [-0.15, -0.1) is 0 Å². The third-order valence-electron chi connectivity index (χ3n) is 5.93. The summed E-state index contributed by atoms with van der Waals surface area (Å²) in [5.41, 5.74) is 2.58. The second-order valence-corrected chi connectivity index (χ2v) is 7.86. The molecule has 0 bridgehead atoms. The van der Waals surface area contributed by atoms with Crippen LogP contribution in [0.5, 0.6) is 0 Å². The van der Waals surface area contributed by atoms with E-state index in [9.17, 15) is 4.79 Å². The van der Waals surface area contributed by atoms with Gasteiger partial charge in [0.05, 0.1) is 0 Å². The normalized spacial score (nSPS) is 18.5. The zero-order valence-corrected chi connectivity index (χ0v) is 18.4. The van der Waals surface area contributed by atoms with E-state index in [1.165, 1.54) is 11.1 Å². The lowest BCUT2D eigenvalue weighted by atomic mass is 9.94. The van der Waals surface area contributed by atoms with E-state index in [1.54, 1.807) is 0 Å². The Morgan fingerprint density at radius 1 is 0.767 bits per heavy atom. The van der Waals surface area contributed by atoms with Gasteiger partial charge in [-0.05, 0) is 61.3 Å². The van der Waals surface area contributed by atoms with Gasteiger partial charge < -0.3 is 4.90 Å². The fourth-order valence-corrected chi connectivity index (χ4v) is 4.22. The lowest BCUT2D eigenvalue weighted by Crippen LogP contribution is -2.51. The first-order valence-corrected chi connectivity index (χ1v) is 11.3. The van der Waals surface area contributed by atoms with Crippen LogP contribution in [-0.4, -0.2) is 69.8 Å². The number of carbonyl (C=O) groups is 1. The maximum absolute atomic E-state index is 13.0. The summed E-state index contributed by atoms with van der Waals surface area (Å²) in [6, 6.07) is 8.28. The SMILES string of the molecule is CC.O=C(C1CCN(Cc2ccncc2)CC1)N1CCN(Cc2ccncc2)CC1. The van der Waals surface area contributed by atoms with Gasteiger partial charge in [-0.1, -0.05) is 13.8 Å². The van der Waals surface area contributed by atoms with Crippen LogP contribution >= 0.6 is 0 Å². The number of hydrogen-bond acceptors (Lipinski definition) is 5. The first kappa shape index (κ1) is 22.4. The van der Waals surface area contributed by atoms with Crippen LogP contribution in [0.3, 0.4) is 0 Å². The first-order chi connectivity index (χ1) is 14.8. The number of piperazine rings is 1. The first-order valence-electron chi connectivity index (χ1n) is 11.3. The summed E-state index contributed by atoms with van der Waals surface area (Å²) in [4.78, 5) is 28.1. The van der Waals surface area contributed by atoms with Gasteiger partial charge >= 0.3 is 0 Å². The topological polar surface area (TPSA) is 52.6 Å². The second-order valence-electron chi connectivity index (χ2n) is 7.86. The van der Waals surface area contributed by atoms with Gasteiger partial charge in [0.2, 0.25) is 5.91 Å². The summed E-state index contributed by atoms with van der Waals surface area (Å²) >= 11 is 0. The quantitative estimate of drug-likeness (QED) is 0.760. The molecular formula is C24H35N5O. The van der Waals surface area contributed by atoms with E-state index in [-0.39, 0.29) is 5.92 Å². The summed E-state index contributed by atoms with van der Waals surface area (Å²) in [5.74, 6) is 0.563. The molecule has 2 fully saturated rings. The van der Waals surface area contributed by atoms with E-state index in [2.05, 4.69) is 48.9 Å². The number of hydrogen-bond donors (Lipinski definition) is 0. The molecule has 4 heterocycles. The molecule has 0 spiro atoms. The van der Waals surface area contributed by atoms with Crippen LogP contribution in [0, 0.1) is 5.92 Å². The Bertz CT molecular complexity index is 675. The predicted molar refractivity (Wildman–Crippen MR) is 120 cm³/mol. The van der Waals surface area contributed by atoms with Crippen LogP contribution in [0.15, 0.2) is 49.1 Å². The highest BCUT2D eigenvalue weighted by atomic mass is 16.2. The van der Waals surface area contributed by atoms with Crippen molar-refractivity contribution in [2.24, 2.45) is 5.92 Å². The van der Waals surface area contributed by atoms with Crippen molar-refractivity contribution >= 4 is 5.91 Å². The van der Waals surface area contributed by atoms with Crippen molar-refractivity contribution in [3.8, 4) is 0 Å². The molecule has 0 aromatic carbocycles. The monoisotopic (exact) mass is 409 g/mol. The number of aromatic nitrogens is 2. The Morgan fingerprint density at radius 2 is 1.20 bits per heavy atom. The Balaban J connectivity index is 0.00000124. The minimum atomic E-state index is 0.195. The van der Waals surface area contributed by atoms with Crippen molar-refractivity contribution in [3.63, 3.8) is 0 Å². The molecule has 1 amide bonds. The second kappa shape index (κ2) is 11.8. The van der Waals surface area contributed by atoms with Crippen LogP contribution < -0.4 is 0 Å². The van der Waals surface area contributed by atoms with E-state index in [1.807, 2.05) is 38.6 Å². The zero-order valence-electron chi connectivity index (χ0n) is 18.4. The number of likely N-dealkylation sites (tertiary alicyclic amines) is 1. The van der Waals surface area contributed by atoms with Gasteiger partial charge in [-0.3, -0.25) is 24.6 Å². The summed E-state index contributed by atoms with van der Waals surface area (Å²) < 4.78 is 0. The van der Waals surface area contributed by atoms with Crippen LogP contribution in [0.1, 0.15) is 37.8 Å². The molecule has 0 unspecified atom stereocenters. The molecule has 30 heavy (non-hydrogen) atoms. The summed E-state index contributed by atoms with van der Waals surface area (Å²) in [5, 5.41) is 0. The number of carbonyl (C=O) groups excluding carboxylic acids is 1. The summed E-state index contributed by atoms with van der Waals surface area (Å²) in [7, 11) is 0. The molecule has 2 saturated heterocycles. The van der Waals surface area contributed by atoms with E-state index < -0.39 is 0 Å². The van der Waals surface area contributed by atoms with Gasteiger partial charge in [-0.25, -0.2) is 0 Å². The van der Waals surface area contributed by atoms with Crippen molar-refractivity contribution < 1.29 is 4.79 Å². The molecule has 0 radical (unpaired) electrons. The molecule has 0 aliphatic carbocycles. The molecular weight excluding hydrogens is 374 g/mol.